The highest BCUT2D eigenvalue weighted by Gasteiger charge is 2.23. The molecular formula is C20H23N3OS. The zero-order chi connectivity index (χ0) is 17.4. The Balaban J connectivity index is 1.59. The zero-order valence-electron chi connectivity index (χ0n) is 14.8. The van der Waals surface area contributed by atoms with Crippen molar-refractivity contribution in [3.8, 4) is 0 Å². The number of amides is 1. The molecule has 4 rings (SSSR count). The largest absolute Gasteiger partial charge is 0.335 e. The summed E-state index contributed by atoms with van der Waals surface area (Å²) in [5.41, 5.74) is 2.22. The summed E-state index contributed by atoms with van der Waals surface area (Å²) >= 11 is 1.51. The van der Waals surface area contributed by atoms with Crippen LogP contribution >= 0.6 is 11.3 Å². The first kappa shape index (κ1) is 16.5. The van der Waals surface area contributed by atoms with E-state index in [4.69, 9.17) is 4.98 Å². The van der Waals surface area contributed by atoms with Gasteiger partial charge < -0.3 is 4.90 Å². The van der Waals surface area contributed by atoms with Crippen molar-refractivity contribution in [2.24, 2.45) is 0 Å². The van der Waals surface area contributed by atoms with Crippen LogP contribution in [0.5, 0.6) is 0 Å². The van der Waals surface area contributed by atoms with Gasteiger partial charge in [0.2, 0.25) is 0 Å². The number of hydrogen-bond donors (Lipinski definition) is 0. The molecule has 1 fully saturated rings. The quantitative estimate of drug-likeness (QED) is 0.716. The van der Waals surface area contributed by atoms with E-state index in [1.807, 2.05) is 11.0 Å². The Kier molecular flexibility index (Phi) is 4.44. The maximum atomic E-state index is 12.9. The Labute approximate surface area is 152 Å². The Hall–Kier alpha value is -1.98. The molecule has 0 spiro atoms. The number of thiophene rings is 1. The summed E-state index contributed by atoms with van der Waals surface area (Å²) in [6.45, 7) is 9.01. The normalized spacial score (nSPS) is 16.0. The van der Waals surface area contributed by atoms with Crippen molar-refractivity contribution < 1.29 is 4.79 Å². The first-order valence-corrected chi connectivity index (χ1v) is 9.78. The third-order valence-corrected chi connectivity index (χ3v) is 5.90. The van der Waals surface area contributed by atoms with Crippen LogP contribution in [0.15, 0.2) is 30.3 Å². The van der Waals surface area contributed by atoms with Crippen molar-refractivity contribution in [2.75, 3.05) is 32.7 Å². The number of pyridine rings is 1. The molecule has 1 aromatic carbocycles. The minimum atomic E-state index is 0.152. The average molecular weight is 353 g/mol. The number of fused-ring (bicyclic) bond motifs is 2. The van der Waals surface area contributed by atoms with Crippen molar-refractivity contribution in [1.29, 1.82) is 0 Å². The minimum Gasteiger partial charge on any atom is -0.335 e. The number of benzene rings is 1. The van der Waals surface area contributed by atoms with E-state index in [0.29, 0.717) is 0 Å². The van der Waals surface area contributed by atoms with Gasteiger partial charge in [-0.15, -0.1) is 11.3 Å². The molecule has 3 heterocycles. The van der Waals surface area contributed by atoms with Crippen molar-refractivity contribution in [2.45, 2.75) is 20.3 Å². The first-order chi connectivity index (χ1) is 12.1. The van der Waals surface area contributed by atoms with E-state index in [1.165, 1.54) is 23.3 Å². The number of rotatable bonds is 3. The summed E-state index contributed by atoms with van der Waals surface area (Å²) in [7, 11) is 0. The van der Waals surface area contributed by atoms with Crippen LogP contribution in [-0.4, -0.2) is 53.4 Å². The average Bonchev–Trinajstić information content (AvgIpc) is 3.03. The van der Waals surface area contributed by atoms with Gasteiger partial charge in [0, 0.05) is 37.0 Å². The van der Waals surface area contributed by atoms with Crippen LogP contribution in [-0.2, 0) is 0 Å². The third-order valence-electron chi connectivity index (χ3n) is 4.87. The van der Waals surface area contributed by atoms with Gasteiger partial charge in [-0.1, -0.05) is 18.6 Å². The number of nitrogens with zero attached hydrogens (tertiary/aromatic N) is 3. The lowest BCUT2D eigenvalue weighted by atomic mass is 10.1. The second-order valence-corrected chi connectivity index (χ2v) is 7.85. The SMILES string of the molecule is CCCN1CCN(C(=O)c2cc3cc4cc(C)ccc4nc3s2)CC1. The molecule has 1 aliphatic heterocycles. The lowest BCUT2D eigenvalue weighted by Crippen LogP contribution is -2.48. The van der Waals surface area contributed by atoms with Crippen LogP contribution in [0.3, 0.4) is 0 Å². The van der Waals surface area contributed by atoms with Gasteiger partial charge >= 0.3 is 0 Å². The molecule has 1 amide bonds. The molecule has 3 aromatic rings. The molecule has 2 aromatic heterocycles. The van der Waals surface area contributed by atoms with Crippen LogP contribution in [0, 0.1) is 6.92 Å². The molecule has 0 N–H and O–H groups in total. The summed E-state index contributed by atoms with van der Waals surface area (Å²) in [6.07, 6.45) is 1.17. The van der Waals surface area contributed by atoms with Gasteiger partial charge in [0.25, 0.3) is 5.91 Å². The number of hydrogen-bond acceptors (Lipinski definition) is 4. The van der Waals surface area contributed by atoms with E-state index in [9.17, 15) is 4.79 Å². The molecule has 4 nitrogen and oxygen atoms in total. The molecule has 130 valence electrons. The van der Waals surface area contributed by atoms with E-state index in [-0.39, 0.29) is 5.91 Å². The van der Waals surface area contributed by atoms with Crippen LogP contribution in [0.2, 0.25) is 0 Å². The molecule has 1 aliphatic rings. The topological polar surface area (TPSA) is 36.4 Å². The fourth-order valence-corrected chi connectivity index (χ4v) is 4.50. The molecule has 0 aliphatic carbocycles. The first-order valence-electron chi connectivity index (χ1n) is 8.96. The molecule has 25 heavy (non-hydrogen) atoms. The molecular weight excluding hydrogens is 330 g/mol. The van der Waals surface area contributed by atoms with Gasteiger partial charge in [-0.3, -0.25) is 9.69 Å². The molecule has 0 radical (unpaired) electrons. The van der Waals surface area contributed by atoms with Crippen LogP contribution < -0.4 is 0 Å². The van der Waals surface area contributed by atoms with Crippen molar-refractivity contribution >= 4 is 38.4 Å². The number of aromatic nitrogens is 1. The minimum absolute atomic E-state index is 0.152. The van der Waals surface area contributed by atoms with Crippen molar-refractivity contribution in [3.05, 3.63) is 40.8 Å². The zero-order valence-corrected chi connectivity index (χ0v) is 15.6. The van der Waals surface area contributed by atoms with Crippen LogP contribution in [0.25, 0.3) is 21.1 Å². The lowest BCUT2D eigenvalue weighted by Gasteiger charge is -2.34. The number of aryl methyl sites for hydroxylation is 1. The van der Waals surface area contributed by atoms with Gasteiger partial charge in [0.1, 0.15) is 4.83 Å². The summed E-state index contributed by atoms with van der Waals surface area (Å²) in [6, 6.07) is 10.4. The predicted molar refractivity (Wildman–Crippen MR) is 104 cm³/mol. The summed E-state index contributed by atoms with van der Waals surface area (Å²) in [5.74, 6) is 0.152. The fourth-order valence-electron chi connectivity index (χ4n) is 3.51. The summed E-state index contributed by atoms with van der Waals surface area (Å²) in [5, 5.41) is 2.20. The second-order valence-electron chi connectivity index (χ2n) is 6.82. The van der Waals surface area contributed by atoms with E-state index in [1.54, 1.807) is 0 Å². The molecule has 0 unspecified atom stereocenters. The Morgan fingerprint density at radius 2 is 1.92 bits per heavy atom. The van der Waals surface area contributed by atoms with Crippen LogP contribution in [0.1, 0.15) is 28.6 Å². The highest BCUT2D eigenvalue weighted by atomic mass is 32.1. The van der Waals surface area contributed by atoms with Gasteiger partial charge in [-0.25, -0.2) is 4.98 Å². The standard InChI is InChI=1S/C20H23N3OS/c1-3-6-22-7-9-23(10-8-22)20(24)18-13-16-12-15-11-14(2)4-5-17(15)21-19(16)25-18/h4-5,11-13H,3,6-10H2,1-2H3. The second kappa shape index (κ2) is 6.73. The van der Waals surface area contributed by atoms with E-state index < -0.39 is 0 Å². The molecule has 0 atom stereocenters. The maximum absolute atomic E-state index is 12.9. The Morgan fingerprint density at radius 3 is 2.68 bits per heavy atom. The van der Waals surface area contributed by atoms with Crippen molar-refractivity contribution in [3.63, 3.8) is 0 Å². The lowest BCUT2D eigenvalue weighted by molar-refractivity contribution is 0.0642. The Bertz CT molecular complexity index is 925. The fraction of sp³-hybridized carbons (Fsp3) is 0.400. The molecule has 1 saturated heterocycles. The Morgan fingerprint density at radius 1 is 1.12 bits per heavy atom. The van der Waals surface area contributed by atoms with Crippen molar-refractivity contribution in [1.82, 2.24) is 14.8 Å². The van der Waals surface area contributed by atoms with Gasteiger partial charge in [0.15, 0.2) is 0 Å². The maximum Gasteiger partial charge on any atom is 0.264 e. The smallest absolute Gasteiger partial charge is 0.264 e. The highest BCUT2D eigenvalue weighted by molar-refractivity contribution is 7.20. The number of carbonyl (C=O) groups is 1. The molecule has 0 bridgehead atoms. The van der Waals surface area contributed by atoms with Gasteiger partial charge in [0.05, 0.1) is 10.4 Å². The van der Waals surface area contributed by atoms with E-state index in [0.717, 1.165) is 58.7 Å². The monoisotopic (exact) mass is 353 g/mol. The van der Waals surface area contributed by atoms with E-state index >= 15 is 0 Å². The summed E-state index contributed by atoms with van der Waals surface area (Å²) in [4.78, 5) is 23.8. The highest BCUT2D eigenvalue weighted by Crippen LogP contribution is 2.29. The van der Waals surface area contributed by atoms with E-state index in [2.05, 4.69) is 43.0 Å². The third kappa shape index (κ3) is 3.26. The molecule has 0 saturated carbocycles. The van der Waals surface area contributed by atoms with Gasteiger partial charge in [-0.2, -0.15) is 0 Å². The summed E-state index contributed by atoms with van der Waals surface area (Å²) < 4.78 is 0. The number of carbonyl (C=O) groups excluding carboxylic acids is 1. The van der Waals surface area contributed by atoms with Crippen LogP contribution in [0.4, 0.5) is 0 Å². The predicted octanol–water partition coefficient (Wildman–Crippen LogP) is 3.93. The molecule has 5 heteroatoms. The van der Waals surface area contributed by atoms with Gasteiger partial charge in [-0.05, 0) is 44.2 Å². The number of piperazine rings is 1.